The van der Waals surface area contributed by atoms with Gasteiger partial charge >= 0.3 is 0 Å². The standard InChI is InChI=1S/C17H26N8O6S2/c1-2-24-7-9-25(10-8-24)17-22-15(19-6-5-18)21-16(23-17)20-13-11-12(32(26,27)28)3-4-14(13)33(29,30)31/h3-4,11H,2,5-10,18H2,1H3,(H,26,27,28)(H,29,30,31)(H2,19,20,21,22,23). The smallest absolute Gasteiger partial charge is 0.296 e. The molecule has 0 unspecified atom stereocenters. The summed E-state index contributed by atoms with van der Waals surface area (Å²) in [5, 5.41) is 5.56. The number of nitrogens with one attached hydrogen (secondary N) is 2. The van der Waals surface area contributed by atoms with Crippen molar-refractivity contribution in [2.45, 2.75) is 16.7 Å². The molecule has 1 aliphatic heterocycles. The maximum Gasteiger partial charge on any atom is 0.296 e. The Morgan fingerprint density at radius 3 is 2.24 bits per heavy atom. The van der Waals surface area contributed by atoms with Gasteiger partial charge in [0.2, 0.25) is 17.8 Å². The Morgan fingerprint density at radius 1 is 1.00 bits per heavy atom. The first-order chi connectivity index (χ1) is 15.5. The molecule has 0 saturated carbocycles. The summed E-state index contributed by atoms with van der Waals surface area (Å²) < 4.78 is 65.5. The lowest BCUT2D eigenvalue weighted by Crippen LogP contribution is -2.46. The lowest BCUT2D eigenvalue weighted by atomic mass is 10.3. The second-order valence-corrected chi connectivity index (χ2v) is 9.96. The molecule has 0 atom stereocenters. The van der Waals surface area contributed by atoms with Crippen molar-refractivity contribution < 1.29 is 25.9 Å². The van der Waals surface area contributed by atoms with Gasteiger partial charge in [-0.1, -0.05) is 6.92 Å². The Balaban J connectivity index is 2.02. The van der Waals surface area contributed by atoms with Crippen molar-refractivity contribution in [1.82, 2.24) is 19.9 Å². The molecule has 0 amide bonds. The average molecular weight is 503 g/mol. The van der Waals surface area contributed by atoms with Crippen LogP contribution in [0, 0.1) is 0 Å². The van der Waals surface area contributed by atoms with Crippen molar-refractivity contribution in [2.75, 3.05) is 61.3 Å². The fraction of sp³-hybridized carbons (Fsp3) is 0.471. The van der Waals surface area contributed by atoms with Gasteiger partial charge in [-0.2, -0.15) is 31.8 Å². The summed E-state index contributed by atoms with van der Waals surface area (Å²) in [4.78, 5) is 15.9. The number of piperazine rings is 1. The van der Waals surface area contributed by atoms with Crippen molar-refractivity contribution >= 4 is 43.8 Å². The summed E-state index contributed by atoms with van der Waals surface area (Å²) in [6.07, 6.45) is 0. The highest BCUT2D eigenvalue weighted by molar-refractivity contribution is 7.86. The van der Waals surface area contributed by atoms with Crippen LogP contribution in [0.2, 0.25) is 0 Å². The number of likely N-dealkylation sites (N-methyl/N-ethyl adjacent to an activating group) is 1. The molecule has 6 N–H and O–H groups in total. The van der Waals surface area contributed by atoms with Crippen LogP contribution in [0.5, 0.6) is 0 Å². The molecule has 0 spiro atoms. The van der Waals surface area contributed by atoms with Crippen LogP contribution in [0.4, 0.5) is 23.5 Å². The first kappa shape index (κ1) is 25.0. The highest BCUT2D eigenvalue weighted by Gasteiger charge is 2.23. The molecule has 1 aromatic heterocycles. The van der Waals surface area contributed by atoms with E-state index in [0.717, 1.165) is 37.8 Å². The molecule has 1 aromatic carbocycles. The van der Waals surface area contributed by atoms with E-state index >= 15 is 0 Å². The summed E-state index contributed by atoms with van der Waals surface area (Å²) in [5.41, 5.74) is 5.19. The fourth-order valence-corrected chi connectivity index (χ4v) is 4.34. The van der Waals surface area contributed by atoms with Crippen molar-refractivity contribution in [3.05, 3.63) is 18.2 Å². The van der Waals surface area contributed by atoms with E-state index in [1.54, 1.807) is 0 Å². The first-order valence-corrected chi connectivity index (χ1v) is 12.9. The van der Waals surface area contributed by atoms with Crippen LogP contribution in [0.15, 0.2) is 28.0 Å². The molecule has 182 valence electrons. The SMILES string of the molecule is CCN1CCN(c2nc(NCCN)nc(Nc3cc(S(=O)(=O)O)ccc3S(=O)(=O)O)n2)CC1. The maximum atomic E-state index is 11.8. The molecule has 1 fully saturated rings. The Morgan fingerprint density at radius 2 is 1.67 bits per heavy atom. The lowest BCUT2D eigenvalue weighted by molar-refractivity contribution is 0.270. The summed E-state index contributed by atoms with van der Waals surface area (Å²) in [7, 11) is -9.38. The second-order valence-electron chi connectivity index (χ2n) is 7.15. The Labute approximate surface area is 191 Å². The van der Waals surface area contributed by atoms with E-state index in [4.69, 9.17) is 5.73 Å². The predicted molar refractivity (Wildman–Crippen MR) is 121 cm³/mol. The molecule has 2 heterocycles. The van der Waals surface area contributed by atoms with E-state index in [2.05, 4.69) is 37.4 Å². The summed E-state index contributed by atoms with van der Waals surface area (Å²) in [6, 6.07) is 2.55. The Hall–Kier alpha value is -2.63. The number of anilines is 4. The first-order valence-electron chi connectivity index (χ1n) is 10.0. The van der Waals surface area contributed by atoms with Crippen LogP contribution in [0.25, 0.3) is 0 Å². The monoisotopic (exact) mass is 502 g/mol. The molecule has 1 saturated heterocycles. The van der Waals surface area contributed by atoms with E-state index in [0.29, 0.717) is 32.1 Å². The van der Waals surface area contributed by atoms with E-state index in [1.807, 2.05) is 4.90 Å². The summed E-state index contributed by atoms with van der Waals surface area (Å²) in [6.45, 7) is 6.58. The molecule has 2 aromatic rings. The topological polar surface area (TPSA) is 204 Å². The predicted octanol–water partition coefficient (Wildman–Crippen LogP) is -0.379. The maximum absolute atomic E-state index is 11.8. The number of rotatable bonds is 9. The van der Waals surface area contributed by atoms with Crippen LogP contribution in [-0.2, 0) is 20.2 Å². The van der Waals surface area contributed by atoms with Gasteiger partial charge in [-0.3, -0.25) is 9.11 Å². The molecule has 33 heavy (non-hydrogen) atoms. The molecule has 0 bridgehead atoms. The van der Waals surface area contributed by atoms with E-state index in [9.17, 15) is 25.9 Å². The highest BCUT2D eigenvalue weighted by Crippen LogP contribution is 2.28. The molecule has 0 radical (unpaired) electrons. The second kappa shape index (κ2) is 10.1. The zero-order valence-electron chi connectivity index (χ0n) is 17.8. The van der Waals surface area contributed by atoms with Crippen LogP contribution in [-0.4, -0.2) is 91.6 Å². The largest absolute Gasteiger partial charge is 0.353 e. The van der Waals surface area contributed by atoms with Gasteiger partial charge < -0.3 is 26.2 Å². The van der Waals surface area contributed by atoms with Gasteiger partial charge in [-0.25, -0.2) is 0 Å². The molecular weight excluding hydrogens is 476 g/mol. The summed E-state index contributed by atoms with van der Waals surface area (Å²) in [5.74, 6) is 0.391. The van der Waals surface area contributed by atoms with E-state index in [1.165, 1.54) is 0 Å². The van der Waals surface area contributed by atoms with Crippen molar-refractivity contribution in [3.63, 3.8) is 0 Å². The minimum Gasteiger partial charge on any atom is -0.353 e. The highest BCUT2D eigenvalue weighted by atomic mass is 32.2. The minimum absolute atomic E-state index is 0.102. The van der Waals surface area contributed by atoms with Gasteiger partial charge in [-0.05, 0) is 24.7 Å². The molecule has 16 heteroatoms. The van der Waals surface area contributed by atoms with Crippen molar-refractivity contribution in [2.24, 2.45) is 5.73 Å². The Kier molecular flexibility index (Phi) is 7.65. The zero-order valence-corrected chi connectivity index (χ0v) is 19.5. The Bertz CT molecular complexity index is 1200. The quantitative estimate of drug-likeness (QED) is 0.277. The number of hydrogen-bond donors (Lipinski definition) is 5. The van der Waals surface area contributed by atoms with Gasteiger partial charge in [0.1, 0.15) is 4.90 Å². The van der Waals surface area contributed by atoms with Crippen LogP contribution in [0.1, 0.15) is 6.92 Å². The van der Waals surface area contributed by atoms with Crippen molar-refractivity contribution in [3.8, 4) is 0 Å². The molecule has 0 aliphatic carbocycles. The van der Waals surface area contributed by atoms with Gasteiger partial charge in [0, 0.05) is 39.3 Å². The third-order valence-electron chi connectivity index (χ3n) is 4.93. The van der Waals surface area contributed by atoms with Gasteiger partial charge in [0.15, 0.2) is 0 Å². The number of benzene rings is 1. The van der Waals surface area contributed by atoms with Crippen molar-refractivity contribution in [1.29, 1.82) is 0 Å². The van der Waals surface area contributed by atoms with Gasteiger partial charge in [0.25, 0.3) is 20.2 Å². The summed E-state index contributed by atoms with van der Waals surface area (Å²) >= 11 is 0. The number of hydrogen-bond acceptors (Lipinski definition) is 12. The number of nitrogens with zero attached hydrogens (tertiary/aromatic N) is 5. The van der Waals surface area contributed by atoms with Crippen LogP contribution >= 0.6 is 0 Å². The molecule has 14 nitrogen and oxygen atoms in total. The van der Waals surface area contributed by atoms with E-state index < -0.39 is 30.0 Å². The van der Waals surface area contributed by atoms with Gasteiger partial charge in [0.05, 0.1) is 10.6 Å². The molecular formula is C17H26N8O6S2. The average Bonchev–Trinajstić information content (AvgIpc) is 2.76. The van der Waals surface area contributed by atoms with E-state index in [-0.39, 0.29) is 17.6 Å². The normalized spacial score (nSPS) is 15.5. The molecule has 3 rings (SSSR count). The number of nitrogens with two attached hydrogens (primary N) is 1. The third kappa shape index (κ3) is 6.46. The zero-order chi connectivity index (χ0) is 24.2. The minimum atomic E-state index is -4.74. The third-order valence-corrected chi connectivity index (χ3v) is 6.69. The molecule has 1 aliphatic rings. The fourth-order valence-electron chi connectivity index (χ4n) is 3.20. The number of aromatic nitrogens is 3. The lowest BCUT2D eigenvalue weighted by Gasteiger charge is -2.34. The van der Waals surface area contributed by atoms with Crippen LogP contribution < -0.4 is 21.3 Å². The van der Waals surface area contributed by atoms with Crippen LogP contribution in [0.3, 0.4) is 0 Å². The van der Waals surface area contributed by atoms with Gasteiger partial charge in [-0.15, -0.1) is 0 Å².